The first-order chi connectivity index (χ1) is 17.7. The Balaban J connectivity index is 1.63. The Bertz CT molecular complexity index is 1270. The number of hydrogen-bond acceptors (Lipinski definition) is 6. The molecule has 208 valence electrons. The van der Waals surface area contributed by atoms with E-state index in [1.807, 2.05) is 0 Å². The molecule has 2 aromatic rings. The Kier molecular flexibility index (Phi) is 8.92. The molecule has 9 nitrogen and oxygen atoms in total. The number of alkyl halides is 3. The molecule has 0 spiro atoms. The fourth-order valence-corrected chi connectivity index (χ4v) is 5.47. The van der Waals surface area contributed by atoms with Crippen LogP contribution in [0.1, 0.15) is 41.9 Å². The van der Waals surface area contributed by atoms with Crippen LogP contribution in [0.2, 0.25) is 0 Å². The molecular formula is C23H27F5N6O3S. The predicted molar refractivity (Wildman–Crippen MR) is 130 cm³/mol. The molecule has 1 amide bonds. The van der Waals surface area contributed by atoms with Crippen molar-refractivity contribution < 1.29 is 35.2 Å². The minimum Gasteiger partial charge on any atom is -0.349 e. The van der Waals surface area contributed by atoms with Crippen LogP contribution < -0.4 is 10.6 Å². The second-order valence-electron chi connectivity index (χ2n) is 8.86. The third kappa shape index (κ3) is 7.37. The van der Waals surface area contributed by atoms with Crippen LogP contribution >= 0.6 is 0 Å². The molecule has 2 heterocycles. The van der Waals surface area contributed by atoms with Crippen molar-refractivity contribution in [2.24, 2.45) is 0 Å². The number of aromatic nitrogens is 1. The number of halogens is 5. The quantitative estimate of drug-likeness (QED) is 0.258. The van der Waals surface area contributed by atoms with E-state index in [0.29, 0.717) is 4.31 Å². The Labute approximate surface area is 216 Å². The van der Waals surface area contributed by atoms with E-state index in [4.69, 9.17) is 5.41 Å². The van der Waals surface area contributed by atoms with Gasteiger partial charge in [0.15, 0.2) is 0 Å². The topological polar surface area (TPSA) is 118 Å². The standard InChI is InChI=1S/C23H27F5N6O3S/c1-14(18-11-16(4-5-19(18)25)32-21(35)20-6-3-15(24)12-30-20)31-22(29)33(2)38(36,37)17-7-9-34(13-17)10-8-23(26,27)28/h3-6,11-12,14,17H,7-10,13H2,1-2H3,(H2,29,31)(H,32,35)/t14-,17+/m1/s1. The van der Waals surface area contributed by atoms with Crippen molar-refractivity contribution in [1.82, 2.24) is 19.5 Å². The number of pyridine rings is 1. The number of sulfonamides is 1. The lowest BCUT2D eigenvalue weighted by Crippen LogP contribution is -2.47. The van der Waals surface area contributed by atoms with E-state index >= 15 is 0 Å². The van der Waals surface area contributed by atoms with Crippen molar-refractivity contribution in [3.05, 3.63) is 59.4 Å². The fraction of sp³-hybridized carbons (Fsp3) is 0.435. The lowest BCUT2D eigenvalue weighted by molar-refractivity contribution is -0.137. The lowest BCUT2D eigenvalue weighted by Gasteiger charge is -2.27. The minimum absolute atomic E-state index is 0.0182. The molecule has 1 aromatic carbocycles. The molecule has 1 aromatic heterocycles. The highest BCUT2D eigenvalue weighted by Gasteiger charge is 2.38. The number of amides is 1. The van der Waals surface area contributed by atoms with Gasteiger partial charge in [0.1, 0.15) is 17.3 Å². The van der Waals surface area contributed by atoms with Crippen LogP contribution in [-0.4, -0.2) is 72.6 Å². The monoisotopic (exact) mass is 562 g/mol. The van der Waals surface area contributed by atoms with E-state index in [1.54, 1.807) is 0 Å². The van der Waals surface area contributed by atoms with Gasteiger partial charge in [-0.15, -0.1) is 0 Å². The van der Waals surface area contributed by atoms with Crippen LogP contribution in [0, 0.1) is 17.0 Å². The summed E-state index contributed by atoms with van der Waals surface area (Å²) in [4.78, 5) is 17.4. The van der Waals surface area contributed by atoms with Gasteiger partial charge in [0.05, 0.1) is 23.9 Å². The molecular weight excluding hydrogens is 535 g/mol. The van der Waals surface area contributed by atoms with Gasteiger partial charge in [-0.2, -0.15) is 13.2 Å². The summed E-state index contributed by atoms with van der Waals surface area (Å²) in [7, 11) is -2.94. The summed E-state index contributed by atoms with van der Waals surface area (Å²) in [5.74, 6) is -2.53. The molecule has 0 unspecified atom stereocenters. The highest BCUT2D eigenvalue weighted by molar-refractivity contribution is 7.90. The summed E-state index contributed by atoms with van der Waals surface area (Å²) in [6, 6.07) is 5.00. The van der Waals surface area contributed by atoms with Gasteiger partial charge in [0.25, 0.3) is 5.91 Å². The molecule has 3 rings (SSSR count). The summed E-state index contributed by atoms with van der Waals surface area (Å²) >= 11 is 0. The molecule has 2 atom stereocenters. The molecule has 3 N–H and O–H groups in total. The highest BCUT2D eigenvalue weighted by atomic mass is 32.2. The third-order valence-electron chi connectivity index (χ3n) is 6.09. The van der Waals surface area contributed by atoms with E-state index in [1.165, 1.54) is 30.0 Å². The molecule has 1 saturated heterocycles. The number of benzene rings is 1. The van der Waals surface area contributed by atoms with Gasteiger partial charge in [-0.1, -0.05) is 0 Å². The van der Waals surface area contributed by atoms with Crippen LogP contribution in [0.5, 0.6) is 0 Å². The van der Waals surface area contributed by atoms with E-state index in [0.717, 1.165) is 25.4 Å². The van der Waals surface area contributed by atoms with Gasteiger partial charge in [0, 0.05) is 31.4 Å². The predicted octanol–water partition coefficient (Wildman–Crippen LogP) is 3.49. The van der Waals surface area contributed by atoms with Crippen LogP contribution in [-0.2, 0) is 10.0 Å². The molecule has 0 radical (unpaired) electrons. The van der Waals surface area contributed by atoms with Gasteiger partial charge in [-0.3, -0.25) is 10.2 Å². The van der Waals surface area contributed by atoms with E-state index in [2.05, 4.69) is 15.6 Å². The normalized spacial score (nSPS) is 17.2. The van der Waals surface area contributed by atoms with Gasteiger partial charge >= 0.3 is 6.18 Å². The van der Waals surface area contributed by atoms with Gasteiger partial charge < -0.3 is 15.5 Å². The highest BCUT2D eigenvalue weighted by Crippen LogP contribution is 2.25. The van der Waals surface area contributed by atoms with E-state index in [-0.39, 0.29) is 43.0 Å². The van der Waals surface area contributed by atoms with Crippen molar-refractivity contribution in [3.8, 4) is 0 Å². The Hall–Kier alpha value is -3.33. The maximum atomic E-state index is 14.6. The fourth-order valence-electron chi connectivity index (χ4n) is 3.91. The van der Waals surface area contributed by atoms with Crippen molar-refractivity contribution >= 4 is 27.6 Å². The van der Waals surface area contributed by atoms with Crippen LogP contribution in [0.3, 0.4) is 0 Å². The number of guanidine groups is 1. The maximum absolute atomic E-state index is 14.6. The number of anilines is 1. The number of hydrogen-bond donors (Lipinski definition) is 3. The summed E-state index contributed by atoms with van der Waals surface area (Å²) < 4.78 is 91.7. The molecule has 0 bridgehead atoms. The van der Waals surface area contributed by atoms with Crippen molar-refractivity contribution in [2.75, 3.05) is 32.0 Å². The maximum Gasteiger partial charge on any atom is 0.390 e. The average molecular weight is 563 g/mol. The first-order valence-electron chi connectivity index (χ1n) is 11.5. The Morgan fingerprint density at radius 2 is 1.97 bits per heavy atom. The van der Waals surface area contributed by atoms with Gasteiger partial charge in [-0.05, 0) is 50.2 Å². The second kappa shape index (κ2) is 11.6. The van der Waals surface area contributed by atoms with Crippen molar-refractivity contribution in [2.45, 2.75) is 37.2 Å². The largest absolute Gasteiger partial charge is 0.390 e. The third-order valence-corrected chi connectivity index (χ3v) is 8.27. The summed E-state index contributed by atoms with van der Waals surface area (Å²) in [6.45, 7) is 1.26. The lowest BCUT2D eigenvalue weighted by atomic mass is 10.1. The molecule has 1 aliphatic rings. The molecule has 38 heavy (non-hydrogen) atoms. The summed E-state index contributed by atoms with van der Waals surface area (Å²) in [6.07, 6.45) is -4.40. The zero-order valence-electron chi connectivity index (χ0n) is 20.5. The molecule has 15 heteroatoms. The number of likely N-dealkylation sites (tertiary alicyclic amines) is 1. The first kappa shape index (κ1) is 29.2. The van der Waals surface area contributed by atoms with Gasteiger partial charge in [0.2, 0.25) is 16.0 Å². The zero-order valence-corrected chi connectivity index (χ0v) is 21.3. The van der Waals surface area contributed by atoms with Crippen LogP contribution in [0.15, 0.2) is 36.5 Å². The zero-order chi connectivity index (χ0) is 28.3. The Morgan fingerprint density at radius 1 is 1.26 bits per heavy atom. The van der Waals surface area contributed by atoms with Gasteiger partial charge in [-0.25, -0.2) is 26.5 Å². The Morgan fingerprint density at radius 3 is 2.61 bits per heavy atom. The van der Waals surface area contributed by atoms with E-state index < -0.39 is 57.4 Å². The number of carbonyl (C=O) groups excluding carboxylic acids is 1. The smallest absolute Gasteiger partial charge is 0.349 e. The van der Waals surface area contributed by atoms with Crippen molar-refractivity contribution in [3.63, 3.8) is 0 Å². The molecule has 1 fully saturated rings. The van der Waals surface area contributed by atoms with Crippen molar-refractivity contribution in [1.29, 1.82) is 5.41 Å². The molecule has 0 aliphatic carbocycles. The number of nitrogens with zero attached hydrogens (tertiary/aromatic N) is 3. The number of nitrogens with one attached hydrogen (secondary N) is 3. The second-order valence-corrected chi connectivity index (χ2v) is 11.1. The first-order valence-corrected chi connectivity index (χ1v) is 13.0. The molecule has 0 saturated carbocycles. The minimum atomic E-state index is -4.34. The van der Waals surface area contributed by atoms with Crippen LogP contribution in [0.25, 0.3) is 0 Å². The van der Waals surface area contributed by atoms with Crippen LogP contribution in [0.4, 0.5) is 27.6 Å². The number of rotatable bonds is 8. The molecule has 1 aliphatic heterocycles. The SMILES string of the molecule is C[C@@H](NC(=N)N(C)S(=O)(=O)[C@H]1CCN(CCC(F)(F)F)C1)c1cc(NC(=O)c2ccc(F)cn2)ccc1F. The van der Waals surface area contributed by atoms with E-state index in [9.17, 15) is 35.2 Å². The number of carbonyl (C=O) groups is 1. The summed E-state index contributed by atoms with van der Waals surface area (Å²) in [5.41, 5.74) is 0.133. The average Bonchev–Trinajstić information content (AvgIpc) is 3.33. The summed E-state index contributed by atoms with van der Waals surface area (Å²) in [5, 5.41) is 12.3.